The van der Waals surface area contributed by atoms with Gasteiger partial charge >= 0.3 is 12.0 Å². The third-order valence-corrected chi connectivity index (χ3v) is 6.68. The van der Waals surface area contributed by atoms with E-state index in [2.05, 4.69) is 29.0 Å². The molecule has 0 unspecified atom stereocenters. The van der Waals surface area contributed by atoms with Crippen LogP contribution in [0.5, 0.6) is 0 Å². The molecule has 1 saturated carbocycles. The molecule has 0 aromatic heterocycles. The van der Waals surface area contributed by atoms with Crippen LogP contribution in [0.15, 0.2) is 36.4 Å². The summed E-state index contributed by atoms with van der Waals surface area (Å²) in [4.78, 5) is 38.6. The normalized spacial score (nSPS) is 14.7. The number of benzene rings is 2. The Morgan fingerprint density at radius 3 is 2.35 bits per heavy atom. The van der Waals surface area contributed by atoms with E-state index in [1.54, 1.807) is 0 Å². The third kappa shape index (κ3) is 7.41. The summed E-state index contributed by atoms with van der Waals surface area (Å²) in [6.45, 7) is 5.85. The second-order valence-electron chi connectivity index (χ2n) is 9.48. The van der Waals surface area contributed by atoms with E-state index in [9.17, 15) is 18.8 Å². The fourth-order valence-electron chi connectivity index (χ4n) is 4.81. The average molecular weight is 510 g/mol. The summed E-state index contributed by atoms with van der Waals surface area (Å²) in [5.41, 5.74) is 3.46. The van der Waals surface area contributed by atoms with E-state index in [1.807, 2.05) is 32.1 Å². The molecular weight excluding hydrogens is 473 g/mol. The summed E-state index contributed by atoms with van der Waals surface area (Å²) in [5.74, 6) is -1.75. The molecule has 0 bridgehead atoms. The second kappa shape index (κ2) is 13.0. The minimum atomic E-state index is -0.810. The largest absolute Gasteiger partial charge is 0.467 e. The molecule has 7 nitrogen and oxygen atoms in total. The summed E-state index contributed by atoms with van der Waals surface area (Å²) >= 11 is 0. The van der Waals surface area contributed by atoms with Crippen molar-refractivity contribution in [1.82, 2.24) is 5.32 Å². The molecule has 0 saturated heterocycles. The number of carbonyl (C=O) groups is 3. The Bertz CT molecular complexity index is 1150. The van der Waals surface area contributed by atoms with E-state index < -0.39 is 29.8 Å². The van der Waals surface area contributed by atoms with Crippen LogP contribution in [-0.2, 0) is 9.53 Å². The number of amides is 3. The Morgan fingerprint density at radius 1 is 1.05 bits per heavy atom. The number of hydrogen-bond acceptors (Lipinski definition) is 4. The van der Waals surface area contributed by atoms with Gasteiger partial charge in [0.15, 0.2) is 0 Å². The summed E-state index contributed by atoms with van der Waals surface area (Å²) < 4.78 is 19.1. The predicted molar refractivity (Wildman–Crippen MR) is 144 cm³/mol. The molecular formula is C29H36FN3O4. The van der Waals surface area contributed by atoms with E-state index in [-0.39, 0.29) is 17.2 Å². The van der Waals surface area contributed by atoms with Gasteiger partial charge in [-0.3, -0.25) is 4.79 Å². The van der Waals surface area contributed by atoms with Crippen molar-refractivity contribution < 1.29 is 23.5 Å². The average Bonchev–Trinajstić information content (AvgIpc) is 2.88. The van der Waals surface area contributed by atoms with Gasteiger partial charge in [-0.25, -0.2) is 14.0 Å². The van der Waals surface area contributed by atoms with Crippen LogP contribution in [0.4, 0.5) is 20.6 Å². The van der Waals surface area contributed by atoms with Crippen LogP contribution in [0.3, 0.4) is 0 Å². The summed E-state index contributed by atoms with van der Waals surface area (Å²) in [7, 11) is 1.29. The van der Waals surface area contributed by atoms with E-state index in [0.29, 0.717) is 5.69 Å². The Kier molecular flexibility index (Phi) is 9.83. The molecule has 1 aliphatic carbocycles. The predicted octanol–water partition coefficient (Wildman–Crippen LogP) is 6.36. The van der Waals surface area contributed by atoms with Crippen molar-refractivity contribution in [2.45, 2.75) is 65.3 Å². The highest BCUT2D eigenvalue weighted by Gasteiger charge is 2.32. The molecule has 1 aliphatic rings. The second-order valence-corrected chi connectivity index (χ2v) is 9.48. The quantitative estimate of drug-likeness (QED) is 0.361. The number of allylic oxidation sites excluding steroid dienone is 1. The fourth-order valence-corrected chi connectivity index (χ4v) is 4.81. The Hall–Kier alpha value is -3.68. The molecule has 3 rings (SSSR count). The lowest BCUT2D eigenvalue weighted by molar-refractivity contribution is -0.144. The highest BCUT2D eigenvalue weighted by Crippen LogP contribution is 2.28. The van der Waals surface area contributed by atoms with Crippen LogP contribution in [0.1, 0.15) is 72.5 Å². The number of esters is 1. The number of urea groups is 1. The standard InChI is InChI=1S/C29H36FN3O4/c1-5-6-10-20-15-18(2)25(19(3)16-20)33-29(36)31-24-17-22(30)13-14-23(24)27(34)32-26(28(35)37-4)21-11-8-7-9-12-21/h6,10,13-17,21,26H,5,7-9,11-12H2,1-4H3,(H,32,34)(H2,31,33,36)/t26-/m0/s1. The van der Waals surface area contributed by atoms with Crippen LogP contribution < -0.4 is 16.0 Å². The van der Waals surface area contributed by atoms with Gasteiger partial charge < -0.3 is 20.7 Å². The van der Waals surface area contributed by atoms with Crippen molar-refractivity contribution in [3.8, 4) is 0 Å². The SMILES string of the molecule is CCC=Cc1cc(C)c(NC(=O)Nc2cc(F)ccc2C(=O)N[C@H](C(=O)OC)C2CCCCC2)c(C)c1. The minimum Gasteiger partial charge on any atom is -0.467 e. The van der Waals surface area contributed by atoms with Crippen LogP contribution in [0.2, 0.25) is 0 Å². The summed E-state index contributed by atoms with van der Waals surface area (Å²) in [5, 5.41) is 8.18. The van der Waals surface area contributed by atoms with Crippen molar-refractivity contribution in [2.75, 3.05) is 17.7 Å². The number of ether oxygens (including phenoxy) is 1. The number of halogens is 1. The van der Waals surface area contributed by atoms with Gasteiger partial charge in [0.05, 0.1) is 18.4 Å². The lowest BCUT2D eigenvalue weighted by atomic mass is 9.83. The Labute approximate surface area is 217 Å². The number of methoxy groups -OCH3 is 1. The minimum absolute atomic E-state index is 0.0000605. The smallest absolute Gasteiger partial charge is 0.328 e. The molecule has 0 heterocycles. The number of aryl methyl sites for hydroxylation is 2. The lowest BCUT2D eigenvalue weighted by Crippen LogP contribution is -2.47. The number of anilines is 2. The zero-order valence-electron chi connectivity index (χ0n) is 21.9. The third-order valence-electron chi connectivity index (χ3n) is 6.68. The summed E-state index contributed by atoms with van der Waals surface area (Å²) in [6, 6.07) is 6.03. The van der Waals surface area contributed by atoms with Gasteiger partial charge in [-0.1, -0.05) is 38.3 Å². The number of hydrogen-bond donors (Lipinski definition) is 3. The first-order chi connectivity index (χ1) is 17.7. The van der Waals surface area contributed by atoms with Crippen LogP contribution >= 0.6 is 0 Å². The van der Waals surface area contributed by atoms with Gasteiger partial charge in [0.25, 0.3) is 5.91 Å². The molecule has 1 atom stereocenters. The first-order valence-corrected chi connectivity index (χ1v) is 12.8. The molecule has 198 valence electrons. The van der Waals surface area contributed by atoms with Crippen LogP contribution in [0.25, 0.3) is 6.08 Å². The molecule has 1 fully saturated rings. The van der Waals surface area contributed by atoms with E-state index >= 15 is 0 Å². The van der Waals surface area contributed by atoms with Crippen molar-refractivity contribution in [3.63, 3.8) is 0 Å². The monoisotopic (exact) mass is 509 g/mol. The molecule has 37 heavy (non-hydrogen) atoms. The molecule has 0 aliphatic heterocycles. The lowest BCUT2D eigenvalue weighted by Gasteiger charge is -2.29. The van der Waals surface area contributed by atoms with Crippen molar-refractivity contribution in [3.05, 3.63) is 64.5 Å². The van der Waals surface area contributed by atoms with E-state index in [4.69, 9.17) is 4.74 Å². The van der Waals surface area contributed by atoms with Crippen molar-refractivity contribution in [1.29, 1.82) is 0 Å². The first kappa shape index (κ1) is 27.9. The molecule has 0 radical (unpaired) electrons. The van der Waals surface area contributed by atoms with E-state index in [1.165, 1.54) is 13.2 Å². The van der Waals surface area contributed by atoms with Crippen molar-refractivity contribution in [2.24, 2.45) is 5.92 Å². The maximum absolute atomic E-state index is 14.1. The first-order valence-electron chi connectivity index (χ1n) is 12.8. The number of nitrogens with one attached hydrogen (secondary N) is 3. The number of rotatable bonds is 8. The Balaban J connectivity index is 1.79. The van der Waals surface area contributed by atoms with Gasteiger partial charge in [0.1, 0.15) is 11.9 Å². The highest BCUT2D eigenvalue weighted by molar-refractivity contribution is 6.07. The highest BCUT2D eigenvalue weighted by atomic mass is 19.1. The topological polar surface area (TPSA) is 96.5 Å². The Morgan fingerprint density at radius 2 is 1.73 bits per heavy atom. The molecule has 3 N–H and O–H groups in total. The van der Waals surface area contributed by atoms with Crippen molar-refractivity contribution >= 4 is 35.4 Å². The fraction of sp³-hybridized carbons (Fsp3) is 0.414. The summed E-state index contributed by atoms with van der Waals surface area (Å²) in [6.07, 6.45) is 9.67. The zero-order valence-corrected chi connectivity index (χ0v) is 21.9. The van der Waals surface area contributed by atoms with Gasteiger partial charge in [-0.05, 0) is 86.1 Å². The maximum Gasteiger partial charge on any atom is 0.328 e. The van der Waals surface area contributed by atoms with Gasteiger partial charge in [-0.2, -0.15) is 0 Å². The number of carbonyl (C=O) groups excluding carboxylic acids is 3. The molecule has 8 heteroatoms. The molecule has 0 spiro atoms. The van der Waals surface area contributed by atoms with Crippen LogP contribution in [-0.4, -0.2) is 31.1 Å². The van der Waals surface area contributed by atoms with E-state index in [0.717, 1.165) is 67.3 Å². The zero-order chi connectivity index (χ0) is 26.9. The van der Waals surface area contributed by atoms with Gasteiger partial charge in [-0.15, -0.1) is 0 Å². The van der Waals surface area contributed by atoms with Crippen LogP contribution in [0, 0.1) is 25.6 Å². The molecule has 2 aromatic rings. The van der Waals surface area contributed by atoms with Gasteiger partial charge in [0.2, 0.25) is 0 Å². The molecule has 3 amide bonds. The van der Waals surface area contributed by atoms with Gasteiger partial charge in [0, 0.05) is 5.69 Å². The molecule has 2 aromatic carbocycles. The maximum atomic E-state index is 14.1.